The van der Waals surface area contributed by atoms with Crippen molar-refractivity contribution >= 4 is 11.6 Å². The SMILES string of the molecule is CCOCCC1(CN=C(N)Nc2ccccc2)CCCC1. The third kappa shape index (κ3) is 5.05. The molecular formula is C17H27N3O. The predicted molar refractivity (Wildman–Crippen MR) is 88.6 cm³/mol. The van der Waals surface area contributed by atoms with Crippen molar-refractivity contribution in [2.75, 3.05) is 25.1 Å². The maximum absolute atomic E-state index is 6.01. The van der Waals surface area contributed by atoms with E-state index in [1.165, 1.54) is 25.7 Å². The number of ether oxygens (including phenoxy) is 1. The number of nitrogens with zero attached hydrogens (tertiary/aromatic N) is 1. The molecule has 1 saturated carbocycles. The highest BCUT2D eigenvalue weighted by molar-refractivity contribution is 5.92. The van der Waals surface area contributed by atoms with E-state index >= 15 is 0 Å². The van der Waals surface area contributed by atoms with Gasteiger partial charge in [0.2, 0.25) is 0 Å². The van der Waals surface area contributed by atoms with Crippen molar-refractivity contribution in [1.29, 1.82) is 0 Å². The highest BCUT2D eigenvalue weighted by atomic mass is 16.5. The van der Waals surface area contributed by atoms with Crippen LogP contribution in [0.25, 0.3) is 0 Å². The van der Waals surface area contributed by atoms with Gasteiger partial charge in [-0.1, -0.05) is 31.0 Å². The number of hydrogen-bond acceptors (Lipinski definition) is 2. The van der Waals surface area contributed by atoms with E-state index in [0.29, 0.717) is 5.96 Å². The molecule has 0 bridgehead atoms. The number of aliphatic imine (C=N–C) groups is 1. The number of benzene rings is 1. The van der Waals surface area contributed by atoms with Crippen molar-refractivity contribution in [3.8, 4) is 0 Å². The summed E-state index contributed by atoms with van der Waals surface area (Å²) in [5.41, 5.74) is 7.28. The number of nitrogens with two attached hydrogens (primary N) is 1. The first-order chi connectivity index (χ1) is 10.2. The molecule has 0 aliphatic heterocycles. The van der Waals surface area contributed by atoms with Gasteiger partial charge < -0.3 is 15.8 Å². The van der Waals surface area contributed by atoms with Crippen LogP contribution in [-0.4, -0.2) is 25.7 Å². The molecule has 116 valence electrons. The highest BCUT2D eigenvalue weighted by Gasteiger charge is 2.33. The van der Waals surface area contributed by atoms with Crippen molar-refractivity contribution < 1.29 is 4.74 Å². The fraction of sp³-hybridized carbons (Fsp3) is 0.588. The van der Waals surface area contributed by atoms with Crippen LogP contribution in [0.3, 0.4) is 0 Å². The zero-order chi connectivity index (χ0) is 15.0. The highest BCUT2D eigenvalue weighted by Crippen LogP contribution is 2.41. The molecule has 1 aliphatic carbocycles. The van der Waals surface area contributed by atoms with Gasteiger partial charge in [-0.15, -0.1) is 0 Å². The van der Waals surface area contributed by atoms with Gasteiger partial charge in [0.15, 0.2) is 5.96 Å². The molecule has 4 heteroatoms. The van der Waals surface area contributed by atoms with Crippen LogP contribution in [-0.2, 0) is 4.74 Å². The van der Waals surface area contributed by atoms with E-state index < -0.39 is 0 Å². The number of hydrogen-bond donors (Lipinski definition) is 2. The van der Waals surface area contributed by atoms with Crippen molar-refractivity contribution in [1.82, 2.24) is 0 Å². The molecule has 1 aromatic carbocycles. The molecule has 0 unspecified atom stereocenters. The molecule has 0 heterocycles. The van der Waals surface area contributed by atoms with Crippen LogP contribution in [0, 0.1) is 5.41 Å². The minimum Gasteiger partial charge on any atom is -0.382 e. The lowest BCUT2D eigenvalue weighted by atomic mass is 9.83. The smallest absolute Gasteiger partial charge is 0.193 e. The van der Waals surface area contributed by atoms with E-state index in [1.807, 2.05) is 37.3 Å². The Balaban J connectivity index is 1.89. The molecule has 0 spiro atoms. The predicted octanol–water partition coefficient (Wildman–Crippen LogP) is 3.40. The second-order valence-corrected chi connectivity index (χ2v) is 5.85. The van der Waals surface area contributed by atoms with Gasteiger partial charge in [0.25, 0.3) is 0 Å². The van der Waals surface area contributed by atoms with Gasteiger partial charge in [-0.2, -0.15) is 0 Å². The summed E-state index contributed by atoms with van der Waals surface area (Å²) in [5.74, 6) is 0.504. The lowest BCUT2D eigenvalue weighted by Crippen LogP contribution is -2.28. The molecule has 0 radical (unpaired) electrons. The third-order valence-corrected chi connectivity index (χ3v) is 4.28. The number of para-hydroxylation sites is 1. The quantitative estimate of drug-likeness (QED) is 0.459. The third-order valence-electron chi connectivity index (χ3n) is 4.28. The van der Waals surface area contributed by atoms with Gasteiger partial charge >= 0.3 is 0 Å². The molecule has 0 saturated heterocycles. The van der Waals surface area contributed by atoms with Crippen molar-refractivity contribution in [2.24, 2.45) is 16.1 Å². The van der Waals surface area contributed by atoms with E-state index in [2.05, 4.69) is 10.3 Å². The minimum absolute atomic E-state index is 0.290. The summed E-state index contributed by atoms with van der Waals surface area (Å²) in [4.78, 5) is 4.58. The van der Waals surface area contributed by atoms with Crippen LogP contribution in [0.1, 0.15) is 39.0 Å². The first kappa shape index (κ1) is 15.8. The van der Waals surface area contributed by atoms with E-state index in [9.17, 15) is 0 Å². The zero-order valence-corrected chi connectivity index (χ0v) is 13.0. The largest absolute Gasteiger partial charge is 0.382 e. The Morgan fingerprint density at radius 3 is 2.67 bits per heavy atom. The summed E-state index contributed by atoms with van der Waals surface area (Å²) < 4.78 is 5.53. The van der Waals surface area contributed by atoms with Gasteiger partial charge in [-0.05, 0) is 43.7 Å². The molecule has 0 amide bonds. The fourth-order valence-corrected chi connectivity index (χ4v) is 3.01. The average molecular weight is 289 g/mol. The maximum atomic E-state index is 6.01. The van der Waals surface area contributed by atoms with Gasteiger partial charge in [0, 0.05) is 25.4 Å². The molecule has 21 heavy (non-hydrogen) atoms. The lowest BCUT2D eigenvalue weighted by molar-refractivity contribution is 0.107. The lowest BCUT2D eigenvalue weighted by Gasteiger charge is -2.27. The van der Waals surface area contributed by atoms with Gasteiger partial charge in [-0.3, -0.25) is 4.99 Å². The number of nitrogens with one attached hydrogen (secondary N) is 1. The van der Waals surface area contributed by atoms with E-state index in [-0.39, 0.29) is 5.41 Å². The van der Waals surface area contributed by atoms with Gasteiger partial charge in [-0.25, -0.2) is 0 Å². The van der Waals surface area contributed by atoms with Crippen molar-refractivity contribution in [3.05, 3.63) is 30.3 Å². The monoisotopic (exact) mass is 289 g/mol. The molecule has 2 rings (SSSR count). The summed E-state index contributed by atoms with van der Waals surface area (Å²) in [6, 6.07) is 9.93. The Bertz CT molecular complexity index is 439. The van der Waals surface area contributed by atoms with Crippen molar-refractivity contribution in [2.45, 2.75) is 39.0 Å². The van der Waals surface area contributed by atoms with Crippen LogP contribution in [0.15, 0.2) is 35.3 Å². The Kier molecular flexibility index (Phi) is 6.05. The van der Waals surface area contributed by atoms with Crippen LogP contribution >= 0.6 is 0 Å². The van der Waals surface area contributed by atoms with Crippen LogP contribution in [0.5, 0.6) is 0 Å². The summed E-state index contributed by atoms with van der Waals surface area (Å²) >= 11 is 0. The molecule has 4 nitrogen and oxygen atoms in total. The van der Waals surface area contributed by atoms with Crippen LogP contribution in [0.2, 0.25) is 0 Å². The van der Waals surface area contributed by atoms with Crippen molar-refractivity contribution in [3.63, 3.8) is 0 Å². The summed E-state index contributed by atoms with van der Waals surface area (Å²) in [7, 11) is 0. The van der Waals surface area contributed by atoms with Crippen LogP contribution < -0.4 is 11.1 Å². The molecule has 0 atom stereocenters. The molecule has 3 N–H and O–H groups in total. The first-order valence-corrected chi connectivity index (χ1v) is 7.94. The summed E-state index contributed by atoms with van der Waals surface area (Å²) in [6.45, 7) is 4.46. The average Bonchev–Trinajstić information content (AvgIpc) is 2.96. The van der Waals surface area contributed by atoms with Gasteiger partial charge in [0.1, 0.15) is 0 Å². The summed E-state index contributed by atoms with van der Waals surface area (Å²) in [6.07, 6.45) is 6.16. The van der Waals surface area contributed by atoms with E-state index in [1.54, 1.807) is 0 Å². The zero-order valence-electron chi connectivity index (χ0n) is 13.0. The van der Waals surface area contributed by atoms with Crippen LogP contribution in [0.4, 0.5) is 5.69 Å². The Labute approximate surface area is 127 Å². The standard InChI is InChI=1S/C17H27N3O/c1-2-21-13-12-17(10-6-7-11-17)14-19-16(18)20-15-8-4-3-5-9-15/h3-5,8-9H,2,6-7,10-14H2,1H3,(H3,18,19,20). The number of anilines is 1. The second-order valence-electron chi connectivity index (χ2n) is 5.85. The molecule has 1 aliphatic rings. The second kappa shape index (κ2) is 8.03. The maximum Gasteiger partial charge on any atom is 0.193 e. The number of rotatable bonds is 7. The summed E-state index contributed by atoms with van der Waals surface area (Å²) in [5, 5.41) is 3.15. The van der Waals surface area contributed by atoms with E-state index in [4.69, 9.17) is 10.5 Å². The first-order valence-electron chi connectivity index (χ1n) is 7.94. The van der Waals surface area contributed by atoms with E-state index in [0.717, 1.165) is 31.9 Å². The minimum atomic E-state index is 0.290. The topological polar surface area (TPSA) is 59.6 Å². The molecule has 1 fully saturated rings. The Morgan fingerprint density at radius 2 is 2.00 bits per heavy atom. The van der Waals surface area contributed by atoms with Gasteiger partial charge in [0.05, 0.1) is 0 Å². The Hall–Kier alpha value is -1.55. The number of guanidine groups is 1. The Morgan fingerprint density at radius 1 is 1.29 bits per heavy atom. The fourth-order valence-electron chi connectivity index (χ4n) is 3.01. The molecule has 1 aromatic rings. The normalized spacial score (nSPS) is 17.9. The molecule has 0 aromatic heterocycles. The molecular weight excluding hydrogens is 262 g/mol.